The highest BCUT2D eigenvalue weighted by molar-refractivity contribution is 5.76. The van der Waals surface area contributed by atoms with Gasteiger partial charge < -0.3 is 14.8 Å². The first kappa shape index (κ1) is 14.9. The van der Waals surface area contributed by atoms with Crippen LogP contribution in [0.5, 0.6) is 0 Å². The maximum Gasteiger partial charge on any atom is 0.317 e. The zero-order valence-electron chi connectivity index (χ0n) is 13.2. The van der Waals surface area contributed by atoms with E-state index in [9.17, 15) is 4.79 Å². The minimum atomic E-state index is 0.0385. The molecule has 1 aromatic heterocycles. The summed E-state index contributed by atoms with van der Waals surface area (Å²) in [6, 6.07) is 8.15. The highest BCUT2D eigenvalue weighted by Crippen LogP contribution is 2.16. The smallest absolute Gasteiger partial charge is 0.317 e. The van der Waals surface area contributed by atoms with E-state index in [1.54, 1.807) is 0 Å². The molecule has 22 heavy (non-hydrogen) atoms. The molecule has 3 rings (SSSR count). The van der Waals surface area contributed by atoms with Crippen LogP contribution in [-0.4, -0.2) is 33.6 Å². The fourth-order valence-corrected chi connectivity index (χ4v) is 3.15. The van der Waals surface area contributed by atoms with Gasteiger partial charge in [-0.15, -0.1) is 0 Å². The summed E-state index contributed by atoms with van der Waals surface area (Å²) in [6.07, 6.45) is 4.69. The third-order valence-electron chi connectivity index (χ3n) is 4.34. The first-order chi connectivity index (χ1) is 10.8. The Kier molecular flexibility index (Phi) is 4.61. The molecule has 0 aliphatic carbocycles. The molecule has 0 bridgehead atoms. The SMILES string of the molecule is CCn1c(CNC(=O)N2CCCCCC2)nc2ccccc21. The predicted octanol–water partition coefficient (Wildman–Crippen LogP) is 3.14. The molecule has 0 saturated carbocycles. The highest BCUT2D eigenvalue weighted by atomic mass is 16.2. The van der Waals surface area contributed by atoms with Gasteiger partial charge in [0.05, 0.1) is 17.6 Å². The monoisotopic (exact) mass is 300 g/mol. The van der Waals surface area contributed by atoms with E-state index >= 15 is 0 Å². The summed E-state index contributed by atoms with van der Waals surface area (Å²) in [5.74, 6) is 0.923. The molecule has 1 aromatic carbocycles. The van der Waals surface area contributed by atoms with Crippen LogP contribution in [0.2, 0.25) is 0 Å². The summed E-state index contributed by atoms with van der Waals surface area (Å²) in [5.41, 5.74) is 2.12. The average Bonchev–Trinajstić information content (AvgIpc) is 2.71. The van der Waals surface area contributed by atoms with E-state index < -0.39 is 0 Å². The number of amides is 2. The lowest BCUT2D eigenvalue weighted by atomic mass is 10.2. The maximum atomic E-state index is 12.3. The summed E-state index contributed by atoms with van der Waals surface area (Å²) in [7, 11) is 0. The number of hydrogen-bond donors (Lipinski definition) is 1. The molecule has 1 N–H and O–H groups in total. The minimum absolute atomic E-state index is 0.0385. The van der Waals surface area contributed by atoms with E-state index in [2.05, 4.69) is 27.9 Å². The van der Waals surface area contributed by atoms with E-state index in [4.69, 9.17) is 0 Å². The van der Waals surface area contributed by atoms with Crippen LogP contribution in [0.1, 0.15) is 38.4 Å². The number of rotatable bonds is 3. The fourth-order valence-electron chi connectivity index (χ4n) is 3.15. The summed E-state index contributed by atoms with van der Waals surface area (Å²) < 4.78 is 2.16. The van der Waals surface area contributed by atoms with Gasteiger partial charge in [0.15, 0.2) is 0 Å². The number of likely N-dealkylation sites (tertiary alicyclic amines) is 1. The second kappa shape index (κ2) is 6.81. The minimum Gasteiger partial charge on any atom is -0.331 e. The Bertz CT molecular complexity index is 641. The van der Waals surface area contributed by atoms with Crippen molar-refractivity contribution in [3.63, 3.8) is 0 Å². The van der Waals surface area contributed by atoms with E-state index in [-0.39, 0.29) is 6.03 Å². The van der Waals surface area contributed by atoms with Crippen LogP contribution >= 0.6 is 0 Å². The molecule has 0 unspecified atom stereocenters. The van der Waals surface area contributed by atoms with Crippen molar-refractivity contribution in [1.29, 1.82) is 0 Å². The Morgan fingerprint density at radius 3 is 2.64 bits per heavy atom. The number of benzene rings is 1. The van der Waals surface area contributed by atoms with Crippen molar-refractivity contribution in [2.45, 2.75) is 45.7 Å². The van der Waals surface area contributed by atoms with Gasteiger partial charge in [-0.3, -0.25) is 0 Å². The highest BCUT2D eigenvalue weighted by Gasteiger charge is 2.16. The maximum absolute atomic E-state index is 12.3. The number of nitrogens with one attached hydrogen (secondary N) is 1. The Morgan fingerprint density at radius 1 is 1.18 bits per heavy atom. The van der Waals surface area contributed by atoms with Crippen LogP contribution in [-0.2, 0) is 13.1 Å². The second-order valence-electron chi connectivity index (χ2n) is 5.82. The van der Waals surface area contributed by atoms with Gasteiger partial charge in [0, 0.05) is 19.6 Å². The summed E-state index contributed by atoms with van der Waals surface area (Å²) >= 11 is 0. The number of fused-ring (bicyclic) bond motifs is 1. The number of para-hydroxylation sites is 2. The lowest BCUT2D eigenvalue weighted by Crippen LogP contribution is -2.40. The number of carbonyl (C=O) groups excluding carboxylic acids is 1. The molecule has 2 aromatic rings. The molecule has 2 amide bonds. The standard InChI is InChI=1S/C17H24N4O/c1-2-21-15-10-6-5-9-14(15)19-16(21)13-18-17(22)20-11-7-3-4-8-12-20/h5-6,9-10H,2-4,7-8,11-13H2,1H3,(H,18,22). The van der Waals surface area contributed by atoms with Crippen molar-refractivity contribution in [3.05, 3.63) is 30.1 Å². The van der Waals surface area contributed by atoms with E-state index in [0.29, 0.717) is 6.54 Å². The molecule has 118 valence electrons. The van der Waals surface area contributed by atoms with Crippen LogP contribution in [0.4, 0.5) is 4.79 Å². The first-order valence-corrected chi connectivity index (χ1v) is 8.26. The van der Waals surface area contributed by atoms with Gasteiger partial charge in [-0.05, 0) is 31.9 Å². The van der Waals surface area contributed by atoms with E-state index in [1.165, 1.54) is 12.8 Å². The molecule has 0 radical (unpaired) electrons. The number of urea groups is 1. The van der Waals surface area contributed by atoms with Crippen molar-refractivity contribution in [2.24, 2.45) is 0 Å². The van der Waals surface area contributed by atoms with Gasteiger partial charge in [0.1, 0.15) is 5.82 Å². The number of hydrogen-bond acceptors (Lipinski definition) is 2. The number of carbonyl (C=O) groups is 1. The van der Waals surface area contributed by atoms with Crippen LogP contribution in [0.25, 0.3) is 11.0 Å². The predicted molar refractivity (Wildman–Crippen MR) is 87.7 cm³/mol. The Balaban J connectivity index is 1.69. The molecular formula is C17H24N4O. The van der Waals surface area contributed by atoms with Crippen LogP contribution < -0.4 is 5.32 Å². The van der Waals surface area contributed by atoms with Crippen LogP contribution in [0.15, 0.2) is 24.3 Å². The molecule has 1 aliphatic heterocycles. The number of aromatic nitrogens is 2. The second-order valence-corrected chi connectivity index (χ2v) is 5.82. The largest absolute Gasteiger partial charge is 0.331 e. The van der Waals surface area contributed by atoms with Gasteiger partial charge in [-0.2, -0.15) is 0 Å². The lowest BCUT2D eigenvalue weighted by molar-refractivity contribution is 0.199. The topological polar surface area (TPSA) is 50.2 Å². The number of nitrogens with zero attached hydrogens (tertiary/aromatic N) is 3. The Hall–Kier alpha value is -2.04. The zero-order chi connectivity index (χ0) is 15.4. The van der Waals surface area contributed by atoms with E-state index in [1.807, 2.05) is 23.1 Å². The molecular weight excluding hydrogens is 276 g/mol. The molecule has 5 nitrogen and oxygen atoms in total. The average molecular weight is 300 g/mol. The van der Waals surface area contributed by atoms with Gasteiger partial charge in [0.2, 0.25) is 0 Å². The lowest BCUT2D eigenvalue weighted by Gasteiger charge is -2.20. The molecule has 1 aliphatic rings. The van der Waals surface area contributed by atoms with Crippen LogP contribution in [0, 0.1) is 0 Å². The third-order valence-corrected chi connectivity index (χ3v) is 4.34. The van der Waals surface area contributed by atoms with Gasteiger partial charge >= 0.3 is 6.03 Å². The number of aryl methyl sites for hydroxylation is 1. The summed E-state index contributed by atoms with van der Waals surface area (Å²) in [5, 5.41) is 3.04. The Morgan fingerprint density at radius 2 is 1.91 bits per heavy atom. The summed E-state index contributed by atoms with van der Waals surface area (Å²) in [4.78, 5) is 18.9. The van der Waals surface area contributed by atoms with Gasteiger partial charge in [-0.1, -0.05) is 25.0 Å². The third kappa shape index (κ3) is 3.08. The zero-order valence-corrected chi connectivity index (χ0v) is 13.2. The molecule has 0 atom stereocenters. The molecule has 5 heteroatoms. The molecule has 2 heterocycles. The van der Waals surface area contributed by atoms with Crippen LogP contribution in [0.3, 0.4) is 0 Å². The van der Waals surface area contributed by atoms with Crippen molar-refractivity contribution < 1.29 is 4.79 Å². The van der Waals surface area contributed by atoms with E-state index in [0.717, 1.165) is 49.3 Å². The first-order valence-electron chi connectivity index (χ1n) is 8.26. The normalized spacial score (nSPS) is 15.8. The fraction of sp³-hybridized carbons (Fsp3) is 0.529. The van der Waals surface area contributed by atoms with Crippen molar-refractivity contribution in [3.8, 4) is 0 Å². The summed E-state index contributed by atoms with van der Waals surface area (Å²) in [6.45, 7) is 5.19. The van der Waals surface area contributed by atoms with Gasteiger partial charge in [0.25, 0.3) is 0 Å². The van der Waals surface area contributed by atoms with Crippen molar-refractivity contribution >= 4 is 17.1 Å². The van der Waals surface area contributed by atoms with Crippen molar-refractivity contribution in [1.82, 2.24) is 19.8 Å². The molecule has 0 spiro atoms. The molecule has 1 saturated heterocycles. The number of imidazole rings is 1. The van der Waals surface area contributed by atoms with Crippen molar-refractivity contribution in [2.75, 3.05) is 13.1 Å². The van der Waals surface area contributed by atoms with Gasteiger partial charge in [-0.25, -0.2) is 9.78 Å². The molecule has 1 fully saturated rings. The Labute approximate surface area is 131 Å². The quantitative estimate of drug-likeness (QED) is 0.946.